The number of hydrogen-bond acceptors (Lipinski definition) is 0. The van der Waals surface area contributed by atoms with Crippen LogP contribution >= 0.6 is 0 Å². The Labute approximate surface area is 165 Å². The van der Waals surface area contributed by atoms with Crippen LogP contribution in [-0.2, 0) is 0 Å². The maximum Gasteiger partial charge on any atom is -0.00995 e. The molecule has 0 aromatic heterocycles. The number of benzene rings is 5. The van der Waals surface area contributed by atoms with Crippen LogP contribution in [0, 0.1) is 0 Å². The van der Waals surface area contributed by atoms with E-state index in [0.717, 1.165) is 0 Å². The molecule has 132 valence electrons. The van der Waals surface area contributed by atoms with Gasteiger partial charge in [-0.25, -0.2) is 0 Å². The lowest BCUT2D eigenvalue weighted by atomic mass is 9.96. The topological polar surface area (TPSA) is 0 Å². The minimum Gasteiger partial charge on any atom is -0.0622 e. The molecule has 0 nitrogen and oxygen atoms in total. The van der Waals surface area contributed by atoms with Crippen LogP contribution < -0.4 is 0 Å². The Balaban J connectivity index is 1.54. The molecule has 5 aromatic rings. The van der Waals surface area contributed by atoms with Crippen molar-refractivity contribution < 1.29 is 0 Å². The van der Waals surface area contributed by atoms with Crippen LogP contribution in [0.2, 0.25) is 0 Å². The largest absolute Gasteiger partial charge is 0.0622 e. The summed E-state index contributed by atoms with van der Waals surface area (Å²) < 4.78 is 0. The molecule has 28 heavy (non-hydrogen) atoms. The van der Waals surface area contributed by atoms with Crippen LogP contribution in [0.4, 0.5) is 0 Å². The Morgan fingerprint density at radius 1 is 0.429 bits per heavy atom. The molecule has 0 bridgehead atoms. The molecule has 0 heterocycles. The zero-order valence-electron chi connectivity index (χ0n) is 15.5. The van der Waals surface area contributed by atoms with Gasteiger partial charge in [-0.3, -0.25) is 0 Å². The van der Waals surface area contributed by atoms with E-state index in [1.165, 1.54) is 43.8 Å². The van der Waals surface area contributed by atoms with E-state index in [9.17, 15) is 0 Å². The minimum atomic E-state index is 1.21. The molecule has 5 rings (SSSR count). The lowest BCUT2D eigenvalue weighted by Gasteiger charge is -2.08. The summed E-state index contributed by atoms with van der Waals surface area (Å²) in [6, 6.07) is 38.9. The van der Waals surface area contributed by atoms with Crippen LogP contribution in [0.15, 0.2) is 109 Å². The Kier molecular flexibility index (Phi) is 4.23. The van der Waals surface area contributed by atoms with Gasteiger partial charge in [0, 0.05) is 0 Å². The highest BCUT2D eigenvalue weighted by Gasteiger charge is 2.03. The van der Waals surface area contributed by atoms with Crippen molar-refractivity contribution in [3.05, 3.63) is 120 Å². The Morgan fingerprint density at radius 2 is 1.07 bits per heavy atom. The van der Waals surface area contributed by atoms with E-state index in [2.05, 4.69) is 121 Å². The number of rotatable bonds is 3. The van der Waals surface area contributed by atoms with Crippen molar-refractivity contribution in [2.45, 2.75) is 0 Å². The molecule has 0 saturated heterocycles. The van der Waals surface area contributed by atoms with Crippen LogP contribution in [0.5, 0.6) is 0 Å². The second-order valence-electron chi connectivity index (χ2n) is 7.09. The van der Waals surface area contributed by atoms with E-state index in [0.29, 0.717) is 0 Å². The summed E-state index contributed by atoms with van der Waals surface area (Å²) in [7, 11) is 0. The van der Waals surface area contributed by atoms with Crippen LogP contribution in [0.25, 0.3) is 44.8 Å². The highest BCUT2D eigenvalue weighted by Crippen LogP contribution is 2.29. The molecule has 0 saturated carbocycles. The predicted molar refractivity (Wildman–Crippen MR) is 122 cm³/mol. The first-order valence-corrected chi connectivity index (χ1v) is 9.62. The molecular weight excluding hydrogens is 336 g/mol. The summed E-state index contributed by atoms with van der Waals surface area (Å²) >= 11 is 0. The fourth-order valence-corrected chi connectivity index (χ4v) is 3.77. The normalized spacial score (nSPS) is 11.4. The van der Waals surface area contributed by atoms with E-state index in [1.807, 2.05) is 0 Å². The van der Waals surface area contributed by atoms with Gasteiger partial charge in [0.1, 0.15) is 0 Å². The number of hydrogen-bond donors (Lipinski definition) is 0. The van der Waals surface area contributed by atoms with Gasteiger partial charge in [-0.15, -0.1) is 0 Å². The smallest absolute Gasteiger partial charge is 0.00995 e. The molecule has 0 N–H and O–H groups in total. The first kappa shape index (κ1) is 16.5. The molecule has 0 radical (unpaired) electrons. The molecule has 0 fully saturated rings. The summed E-state index contributed by atoms with van der Waals surface area (Å²) in [6.07, 6.45) is 4.39. The Bertz CT molecular complexity index is 1290. The van der Waals surface area contributed by atoms with Gasteiger partial charge in [-0.2, -0.15) is 0 Å². The zero-order chi connectivity index (χ0) is 18.8. The van der Waals surface area contributed by atoms with Crippen LogP contribution in [0.3, 0.4) is 0 Å². The molecule has 0 heteroatoms. The van der Waals surface area contributed by atoms with E-state index >= 15 is 0 Å². The SMILES string of the molecule is C(=C\c1ccc2cccc(-c3ccccc3)c2c1)/c1ccc2ccccc2c1. The van der Waals surface area contributed by atoms with Crippen molar-refractivity contribution in [2.24, 2.45) is 0 Å². The van der Waals surface area contributed by atoms with Gasteiger partial charge in [-0.05, 0) is 55.9 Å². The van der Waals surface area contributed by atoms with Gasteiger partial charge >= 0.3 is 0 Å². The Hall–Kier alpha value is -3.64. The molecule has 0 atom stereocenters. The zero-order valence-corrected chi connectivity index (χ0v) is 15.5. The quantitative estimate of drug-likeness (QED) is 0.289. The average molecular weight is 356 g/mol. The van der Waals surface area contributed by atoms with Crippen molar-refractivity contribution in [1.82, 2.24) is 0 Å². The Morgan fingerprint density at radius 3 is 1.89 bits per heavy atom. The van der Waals surface area contributed by atoms with Gasteiger partial charge in [-0.1, -0.05) is 109 Å². The molecule has 0 unspecified atom stereocenters. The maximum atomic E-state index is 2.29. The first-order chi connectivity index (χ1) is 13.9. The third-order valence-electron chi connectivity index (χ3n) is 5.23. The third kappa shape index (κ3) is 3.21. The molecular formula is C28H20. The second kappa shape index (κ2) is 7.17. The highest BCUT2D eigenvalue weighted by molar-refractivity contribution is 5.98. The standard InChI is InChI=1S/C28H20/c1-2-8-24(9-3-1)27-12-6-11-25-18-16-22(20-28(25)27)14-13-21-15-17-23-7-4-5-10-26(23)19-21/h1-20H/b14-13+. The first-order valence-electron chi connectivity index (χ1n) is 9.62. The molecule has 0 aliphatic rings. The fraction of sp³-hybridized carbons (Fsp3) is 0. The maximum absolute atomic E-state index is 2.29. The van der Waals surface area contributed by atoms with Crippen LogP contribution in [0.1, 0.15) is 11.1 Å². The lowest BCUT2D eigenvalue weighted by Crippen LogP contribution is -1.82. The number of fused-ring (bicyclic) bond motifs is 2. The van der Waals surface area contributed by atoms with Crippen molar-refractivity contribution >= 4 is 33.7 Å². The van der Waals surface area contributed by atoms with Gasteiger partial charge in [0.25, 0.3) is 0 Å². The molecule has 5 aromatic carbocycles. The summed E-state index contributed by atoms with van der Waals surface area (Å²) in [6.45, 7) is 0. The fourth-order valence-electron chi connectivity index (χ4n) is 3.77. The average Bonchev–Trinajstić information content (AvgIpc) is 2.77. The van der Waals surface area contributed by atoms with E-state index in [4.69, 9.17) is 0 Å². The molecule has 0 aliphatic carbocycles. The second-order valence-corrected chi connectivity index (χ2v) is 7.09. The van der Waals surface area contributed by atoms with Crippen molar-refractivity contribution in [3.63, 3.8) is 0 Å². The van der Waals surface area contributed by atoms with Crippen molar-refractivity contribution in [1.29, 1.82) is 0 Å². The highest BCUT2D eigenvalue weighted by atomic mass is 14.1. The lowest BCUT2D eigenvalue weighted by molar-refractivity contribution is 1.64. The summed E-state index contributed by atoms with van der Waals surface area (Å²) in [5.41, 5.74) is 4.96. The predicted octanol–water partition coefficient (Wildman–Crippen LogP) is 7.83. The minimum absolute atomic E-state index is 1.21. The monoisotopic (exact) mass is 356 g/mol. The molecule has 0 spiro atoms. The summed E-state index contributed by atoms with van der Waals surface area (Å²) in [4.78, 5) is 0. The van der Waals surface area contributed by atoms with Gasteiger partial charge in [0.15, 0.2) is 0 Å². The van der Waals surface area contributed by atoms with E-state index < -0.39 is 0 Å². The van der Waals surface area contributed by atoms with Crippen molar-refractivity contribution in [2.75, 3.05) is 0 Å². The van der Waals surface area contributed by atoms with Gasteiger partial charge in [0.2, 0.25) is 0 Å². The van der Waals surface area contributed by atoms with E-state index in [-0.39, 0.29) is 0 Å². The van der Waals surface area contributed by atoms with Gasteiger partial charge in [0.05, 0.1) is 0 Å². The van der Waals surface area contributed by atoms with Crippen molar-refractivity contribution in [3.8, 4) is 11.1 Å². The van der Waals surface area contributed by atoms with E-state index in [1.54, 1.807) is 0 Å². The molecule has 0 amide bonds. The van der Waals surface area contributed by atoms with Crippen LogP contribution in [-0.4, -0.2) is 0 Å². The van der Waals surface area contributed by atoms with Gasteiger partial charge < -0.3 is 0 Å². The summed E-state index contributed by atoms with van der Waals surface area (Å²) in [5.74, 6) is 0. The molecule has 0 aliphatic heterocycles. The third-order valence-corrected chi connectivity index (χ3v) is 5.23. The summed E-state index contributed by atoms with van der Waals surface area (Å²) in [5, 5.41) is 5.10.